The molecule has 0 bridgehead atoms. The minimum absolute atomic E-state index is 0.0559. The highest BCUT2D eigenvalue weighted by molar-refractivity contribution is 6.31. The highest BCUT2D eigenvalue weighted by Crippen LogP contribution is 2.20. The first-order valence-corrected chi connectivity index (χ1v) is 11.5. The van der Waals surface area contributed by atoms with Crippen molar-refractivity contribution in [3.63, 3.8) is 0 Å². The Balaban J connectivity index is 2.14. The van der Waals surface area contributed by atoms with Crippen LogP contribution in [0.15, 0.2) is 48.5 Å². The van der Waals surface area contributed by atoms with Crippen molar-refractivity contribution in [3.8, 4) is 0 Å². The van der Waals surface area contributed by atoms with Crippen LogP contribution in [0.25, 0.3) is 0 Å². The van der Waals surface area contributed by atoms with Gasteiger partial charge in [0, 0.05) is 24.0 Å². The fraction of sp³-hybridized carbons (Fsp3) is 0.462. The van der Waals surface area contributed by atoms with Crippen molar-refractivity contribution in [2.45, 2.75) is 78.4 Å². The Morgan fingerprint density at radius 1 is 1.00 bits per heavy atom. The number of rotatable bonds is 10. The van der Waals surface area contributed by atoms with Crippen LogP contribution in [-0.2, 0) is 22.6 Å². The number of halogens is 1. The predicted octanol–water partition coefficient (Wildman–Crippen LogP) is 5.73. The van der Waals surface area contributed by atoms with E-state index in [1.54, 1.807) is 17.9 Å². The normalized spacial score (nSPS) is 13.0. The van der Waals surface area contributed by atoms with Gasteiger partial charge in [-0.3, -0.25) is 9.59 Å². The summed E-state index contributed by atoms with van der Waals surface area (Å²) in [6.07, 6.45) is 1.81. The third-order valence-corrected chi connectivity index (χ3v) is 6.11. The van der Waals surface area contributed by atoms with E-state index in [-0.39, 0.29) is 17.9 Å². The monoisotopic (exact) mass is 442 g/mol. The van der Waals surface area contributed by atoms with Gasteiger partial charge in [-0.2, -0.15) is 0 Å². The summed E-state index contributed by atoms with van der Waals surface area (Å²) in [5.41, 5.74) is 3.24. The SMILES string of the molecule is CC[C@@H](C)NC(=O)[C@H](C)N(Cc1ccccc1Cl)C(=O)CCc1ccc(C(C)C)cc1. The topological polar surface area (TPSA) is 49.4 Å². The summed E-state index contributed by atoms with van der Waals surface area (Å²) in [6.45, 7) is 10.4. The molecule has 2 aromatic rings. The third-order valence-electron chi connectivity index (χ3n) is 5.74. The minimum Gasteiger partial charge on any atom is -0.352 e. The van der Waals surface area contributed by atoms with Gasteiger partial charge in [-0.05, 0) is 55.4 Å². The number of aryl methyl sites for hydroxylation is 1. The van der Waals surface area contributed by atoms with Crippen molar-refractivity contribution in [3.05, 3.63) is 70.2 Å². The fourth-order valence-corrected chi connectivity index (χ4v) is 3.52. The Labute approximate surface area is 192 Å². The van der Waals surface area contributed by atoms with E-state index in [0.29, 0.717) is 30.3 Å². The molecule has 2 rings (SSSR count). The van der Waals surface area contributed by atoms with Crippen LogP contribution in [0.3, 0.4) is 0 Å². The summed E-state index contributed by atoms with van der Waals surface area (Å²) < 4.78 is 0. The molecule has 5 heteroatoms. The molecule has 0 saturated carbocycles. The van der Waals surface area contributed by atoms with E-state index < -0.39 is 6.04 Å². The van der Waals surface area contributed by atoms with Gasteiger partial charge in [0.25, 0.3) is 0 Å². The molecule has 0 aromatic heterocycles. The standard InChI is InChI=1S/C26H35ClN2O2/c1-6-19(4)28-26(31)20(5)29(17-23-9-7-8-10-24(23)27)25(30)16-13-21-11-14-22(15-12-21)18(2)3/h7-12,14-15,18-20H,6,13,16-17H2,1-5H3,(H,28,31)/t19-,20+/m1/s1. The van der Waals surface area contributed by atoms with Gasteiger partial charge in [-0.1, -0.05) is 74.8 Å². The predicted molar refractivity (Wildman–Crippen MR) is 128 cm³/mol. The van der Waals surface area contributed by atoms with Crippen LogP contribution >= 0.6 is 11.6 Å². The van der Waals surface area contributed by atoms with Crippen molar-refractivity contribution in [1.29, 1.82) is 0 Å². The lowest BCUT2D eigenvalue weighted by Gasteiger charge is -2.30. The van der Waals surface area contributed by atoms with Crippen molar-refractivity contribution in [2.75, 3.05) is 0 Å². The van der Waals surface area contributed by atoms with Crippen LogP contribution in [0.4, 0.5) is 0 Å². The summed E-state index contributed by atoms with van der Waals surface area (Å²) in [5.74, 6) is 0.280. The summed E-state index contributed by atoms with van der Waals surface area (Å²) in [5, 5.41) is 3.59. The number of carbonyl (C=O) groups is 2. The van der Waals surface area contributed by atoms with Crippen LogP contribution in [0.1, 0.15) is 70.1 Å². The lowest BCUT2D eigenvalue weighted by molar-refractivity contribution is -0.140. The van der Waals surface area contributed by atoms with E-state index >= 15 is 0 Å². The first-order valence-electron chi connectivity index (χ1n) is 11.1. The third kappa shape index (κ3) is 7.39. The van der Waals surface area contributed by atoms with Gasteiger partial charge in [-0.15, -0.1) is 0 Å². The zero-order chi connectivity index (χ0) is 23.0. The molecule has 168 valence electrons. The Bertz CT molecular complexity index is 864. The Morgan fingerprint density at radius 2 is 1.65 bits per heavy atom. The van der Waals surface area contributed by atoms with Crippen LogP contribution in [0.5, 0.6) is 0 Å². The van der Waals surface area contributed by atoms with E-state index in [1.807, 2.05) is 32.0 Å². The Morgan fingerprint density at radius 3 is 2.23 bits per heavy atom. The molecule has 4 nitrogen and oxygen atoms in total. The molecule has 0 fully saturated rings. The van der Waals surface area contributed by atoms with Gasteiger partial charge in [0.05, 0.1) is 0 Å². The average molecular weight is 443 g/mol. The second-order valence-corrected chi connectivity index (χ2v) is 8.91. The minimum atomic E-state index is -0.582. The van der Waals surface area contributed by atoms with Gasteiger partial charge < -0.3 is 10.2 Å². The molecule has 0 heterocycles. The molecule has 2 atom stereocenters. The van der Waals surface area contributed by atoms with E-state index in [2.05, 4.69) is 43.4 Å². The molecule has 0 spiro atoms. The molecule has 0 aliphatic carbocycles. The van der Waals surface area contributed by atoms with Crippen molar-refractivity contribution >= 4 is 23.4 Å². The van der Waals surface area contributed by atoms with Gasteiger partial charge >= 0.3 is 0 Å². The second-order valence-electron chi connectivity index (χ2n) is 8.50. The van der Waals surface area contributed by atoms with Gasteiger partial charge in [0.1, 0.15) is 6.04 Å². The largest absolute Gasteiger partial charge is 0.352 e. The van der Waals surface area contributed by atoms with Crippen molar-refractivity contribution < 1.29 is 9.59 Å². The van der Waals surface area contributed by atoms with E-state index in [9.17, 15) is 9.59 Å². The fourth-order valence-electron chi connectivity index (χ4n) is 3.32. The lowest BCUT2D eigenvalue weighted by atomic mass is 10.00. The van der Waals surface area contributed by atoms with E-state index in [4.69, 9.17) is 11.6 Å². The Hall–Kier alpha value is -2.33. The zero-order valence-electron chi connectivity index (χ0n) is 19.3. The van der Waals surface area contributed by atoms with Gasteiger partial charge in [-0.25, -0.2) is 0 Å². The van der Waals surface area contributed by atoms with E-state index in [1.165, 1.54) is 5.56 Å². The molecule has 0 aliphatic rings. The van der Waals surface area contributed by atoms with Crippen LogP contribution in [0.2, 0.25) is 5.02 Å². The molecule has 0 saturated heterocycles. The molecular weight excluding hydrogens is 408 g/mol. The smallest absolute Gasteiger partial charge is 0.242 e. The maximum Gasteiger partial charge on any atom is 0.242 e. The summed E-state index contributed by atoms with van der Waals surface area (Å²) in [6, 6.07) is 15.3. The van der Waals surface area contributed by atoms with Gasteiger partial charge in [0.2, 0.25) is 11.8 Å². The maximum absolute atomic E-state index is 13.2. The Kier molecular flexibility index (Phi) is 9.57. The van der Waals surface area contributed by atoms with E-state index in [0.717, 1.165) is 17.5 Å². The number of nitrogens with zero attached hydrogens (tertiary/aromatic N) is 1. The highest BCUT2D eigenvalue weighted by atomic mass is 35.5. The van der Waals surface area contributed by atoms with Crippen molar-refractivity contribution in [1.82, 2.24) is 10.2 Å². The number of nitrogens with one attached hydrogen (secondary N) is 1. The zero-order valence-corrected chi connectivity index (χ0v) is 20.1. The first-order chi connectivity index (χ1) is 14.7. The van der Waals surface area contributed by atoms with Gasteiger partial charge in [0.15, 0.2) is 0 Å². The number of benzene rings is 2. The number of amides is 2. The molecular formula is C26H35ClN2O2. The molecule has 2 amide bonds. The highest BCUT2D eigenvalue weighted by Gasteiger charge is 2.27. The summed E-state index contributed by atoms with van der Waals surface area (Å²) in [4.78, 5) is 27.6. The van der Waals surface area contributed by atoms with Crippen LogP contribution in [-0.4, -0.2) is 28.8 Å². The average Bonchev–Trinajstić information content (AvgIpc) is 2.76. The molecule has 31 heavy (non-hydrogen) atoms. The quantitative estimate of drug-likeness (QED) is 0.510. The number of carbonyl (C=O) groups excluding carboxylic acids is 2. The van der Waals surface area contributed by atoms with Crippen LogP contribution < -0.4 is 5.32 Å². The lowest BCUT2D eigenvalue weighted by Crippen LogP contribution is -2.49. The molecule has 1 N–H and O–H groups in total. The summed E-state index contributed by atoms with van der Waals surface area (Å²) >= 11 is 6.34. The number of hydrogen-bond donors (Lipinski definition) is 1. The summed E-state index contributed by atoms with van der Waals surface area (Å²) in [7, 11) is 0. The molecule has 2 aromatic carbocycles. The molecule has 0 unspecified atom stereocenters. The van der Waals surface area contributed by atoms with Crippen LogP contribution in [0, 0.1) is 0 Å². The molecule has 0 radical (unpaired) electrons. The number of hydrogen-bond acceptors (Lipinski definition) is 2. The molecule has 0 aliphatic heterocycles. The first kappa shape index (κ1) is 24.9. The van der Waals surface area contributed by atoms with Crippen molar-refractivity contribution in [2.24, 2.45) is 0 Å². The second kappa shape index (κ2) is 11.9. The maximum atomic E-state index is 13.2.